The molecule has 2 rings (SSSR count). The number of amides is 2. The zero-order valence-electron chi connectivity index (χ0n) is 13.2. The summed E-state index contributed by atoms with van der Waals surface area (Å²) >= 11 is 3.33. The first-order valence-corrected chi connectivity index (χ1v) is 8.04. The zero-order chi connectivity index (χ0) is 18.4. The predicted octanol–water partition coefficient (Wildman–Crippen LogP) is 3.73. The molecule has 25 heavy (non-hydrogen) atoms. The first-order valence-electron chi connectivity index (χ1n) is 7.25. The van der Waals surface area contributed by atoms with Gasteiger partial charge in [0.25, 0.3) is 5.91 Å². The number of rotatable bonds is 6. The second-order valence-corrected chi connectivity index (χ2v) is 5.98. The smallest absolute Gasteiger partial charge is 0.387 e. The van der Waals surface area contributed by atoms with E-state index in [1.807, 2.05) is 13.0 Å². The summed E-state index contributed by atoms with van der Waals surface area (Å²) in [5.41, 5.74) is 1.39. The number of ether oxygens (including phenoxy) is 1. The molecule has 5 nitrogen and oxygen atoms in total. The summed E-state index contributed by atoms with van der Waals surface area (Å²) in [6.45, 7) is -1.52. The fourth-order valence-electron chi connectivity index (χ4n) is 2.07. The molecule has 0 fully saturated rings. The molecule has 2 aromatic rings. The van der Waals surface area contributed by atoms with Crippen LogP contribution in [0, 0.1) is 6.92 Å². The highest BCUT2D eigenvalue weighted by atomic mass is 79.9. The Kier molecular flexibility index (Phi) is 6.46. The molecular weight excluding hydrogens is 398 g/mol. The van der Waals surface area contributed by atoms with Gasteiger partial charge in [0.1, 0.15) is 5.75 Å². The number of anilines is 1. The number of hydrogen-bond donors (Lipinski definition) is 2. The van der Waals surface area contributed by atoms with Gasteiger partial charge in [0.05, 0.1) is 12.1 Å². The first-order chi connectivity index (χ1) is 11.9. The summed E-state index contributed by atoms with van der Waals surface area (Å²) in [7, 11) is 0. The normalized spacial score (nSPS) is 10.4. The SMILES string of the molecule is Cc1cc(Br)ccc1NC(=O)CNC(=O)c1ccccc1OC(F)F. The molecule has 0 spiro atoms. The molecule has 0 bridgehead atoms. The Bertz CT molecular complexity index is 784. The van der Waals surface area contributed by atoms with Crippen LogP contribution in [0.4, 0.5) is 14.5 Å². The highest BCUT2D eigenvalue weighted by Crippen LogP contribution is 2.21. The molecule has 0 unspecified atom stereocenters. The van der Waals surface area contributed by atoms with Crippen molar-refractivity contribution in [3.05, 3.63) is 58.1 Å². The molecule has 0 atom stereocenters. The van der Waals surface area contributed by atoms with Crippen molar-refractivity contribution >= 4 is 33.4 Å². The third-order valence-corrected chi connectivity index (χ3v) is 3.71. The fraction of sp³-hybridized carbons (Fsp3) is 0.176. The quantitative estimate of drug-likeness (QED) is 0.759. The first kappa shape index (κ1) is 18.9. The minimum absolute atomic E-state index is 0.0737. The summed E-state index contributed by atoms with van der Waals surface area (Å²) in [6.07, 6.45) is 0. The third kappa shape index (κ3) is 5.53. The van der Waals surface area contributed by atoms with E-state index in [0.717, 1.165) is 10.0 Å². The number of benzene rings is 2. The van der Waals surface area contributed by atoms with Crippen molar-refractivity contribution in [1.82, 2.24) is 5.32 Å². The molecule has 2 aromatic carbocycles. The van der Waals surface area contributed by atoms with Crippen LogP contribution in [0.5, 0.6) is 5.75 Å². The molecule has 0 aliphatic heterocycles. The van der Waals surface area contributed by atoms with Crippen LogP contribution in [0.2, 0.25) is 0 Å². The standard InChI is InChI=1S/C17H15BrF2N2O3/c1-10-8-11(18)6-7-13(10)22-15(23)9-21-16(24)12-4-2-3-5-14(12)25-17(19)20/h2-8,17H,9H2,1H3,(H,21,24)(H,22,23). The van der Waals surface area contributed by atoms with E-state index in [9.17, 15) is 18.4 Å². The van der Waals surface area contributed by atoms with Crippen molar-refractivity contribution in [3.8, 4) is 5.75 Å². The zero-order valence-corrected chi connectivity index (χ0v) is 14.8. The maximum atomic E-state index is 12.4. The van der Waals surface area contributed by atoms with Gasteiger partial charge in [-0.15, -0.1) is 0 Å². The Morgan fingerprint density at radius 3 is 2.60 bits per heavy atom. The number of aryl methyl sites for hydroxylation is 1. The van der Waals surface area contributed by atoms with E-state index in [-0.39, 0.29) is 17.9 Å². The molecule has 0 aliphatic rings. The minimum Gasteiger partial charge on any atom is -0.434 e. The Morgan fingerprint density at radius 1 is 1.20 bits per heavy atom. The highest BCUT2D eigenvalue weighted by molar-refractivity contribution is 9.10. The van der Waals surface area contributed by atoms with E-state index in [4.69, 9.17) is 0 Å². The van der Waals surface area contributed by atoms with Crippen LogP contribution in [-0.4, -0.2) is 25.0 Å². The van der Waals surface area contributed by atoms with Gasteiger partial charge in [-0.3, -0.25) is 9.59 Å². The second-order valence-electron chi connectivity index (χ2n) is 5.06. The van der Waals surface area contributed by atoms with E-state index in [1.165, 1.54) is 24.3 Å². The van der Waals surface area contributed by atoms with E-state index in [2.05, 4.69) is 31.3 Å². The molecular formula is C17H15BrF2N2O3. The Balaban J connectivity index is 1.97. The average molecular weight is 413 g/mol. The molecule has 8 heteroatoms. The molecule has 0 saturated carbocycles. The van der Waals surface area contributed by atoms with Crippen LogP contribution in [-0.2, 0) is 4.79 Å². The highest BCUT2D eigenvalue weighted by Gasteiger charge is 2.16. The molecule has 0 aromatic heterocycles. The number of hydrogen-bond acceptors (Lipinski definition) is 3. The largest absolute Gasteiger partial charge is 0.434 e. The lowest BCUT2D eigenvalue weighted by Gasteiger charge is -2.12. The molecule has 0 heterocycles. The molecule has 132 valence electrons. The van der Waals surface area contributed by atoms with E-state index < -0.39 is 18.4 Å². The van der Waals surface area contributed by atoms with Gasteiger partial charge in [0, 0.05) is 10.2 Å². The van der Waals surface area contributed by atoms with Gasteiger partial charge in [0.2, 0.25) is 5.91 Å². The van der Waals surface area contributed by atoms with Gasteiger partial charge in [-0.25, -0.2) is 0 Å². The minimum atomic E-state index is -3.04. The van der Waals surface area contributed by atoms with E-state index in [1.54, 1.807) is 12.1 Å². The Hall–Kier alpha value is -2.48. The summed E-state index contributed by atoms with van der Waals surface area (Å²) in [5.74, 6) is -1.37. The number of para-hydroxylation sites is 1. The summed E-state index contributed by atoms with van der Waals surface area (Å²) < 4.78 is 29.9. The summed E-state index contributed by atoms with van der Waals surface area (Å²) in [6, 6.07) is 10.9. The van der Waals surface area contributed by atoms with Crippen LogP contribution in [0.3, 0.4) is 0 Å². The Labute approximate surface area is 151 Å². The maximum Gasteiger partial charge on any atom is 0.387 e. The van der Waals surface area contributed by atoms with Crippen molar-refractivity contribution in [1.29, 1.82) is 0 Å². The van der Waals surface area contributed by atoms with Crippen LogP contribution in [0.25, 0.3) is 0 Å². The monoisotopic (exact) mass is 412 g/mol. The predicted molar refractivity (Wildman–Crippen MR) is 92.9 cm³/mol. The summed E-state index contributed by atoms with van der Waals surface area (Å²) in [4.78, 5) is 24.1. The van der Waals surface area contributed by atoms with Gasteiger partial charge < -0.3 is 15.4 Å². The Morgan fingerprint density at radius 2 is 1.92 bits per heavy atom. The van der Waals surface area contributed by atoms with Crippen LogP contribution < -0.4 is 15.4 Å². The maximum absolute atomic E-state index is 12.4. The summed E-state index contributed by atoms with van der Waals surface area (Å²) in [5, 5.41) is 5.04. The van der Waals surface area contributed by atoms with Gasteiger partial charge in [-0.2, -0.15) is 8.78 Å². The van der Waals surface area contributed by atoms with Crippen molar-refractivity contribution in [2.45, 2.75) is 13.5 Å². The number of carbonyl (C=O) groups excluding carboxylic acids is 2. The number of nitrogens with one attached hydrogen (secondary N) is 2. The average Bonchev–Trinajstić information content (AvgIpc) is 2.55. The molecule has 0 radical (unpaired) electrons. The lowest BCUT2D eigenvalue weighted by atomic mass is 10.2. The van der Waals surface area contributed by atoms with Crippen molar-refractivity contribution < 1.29 is 23.1 Å². The van der Waals surface area contributed by atoms with Crippen molar-refractivity contribution in [2.24, 2.45) is 0 Å². The van der Waals surface area contributed by atoms with Crippen molar-refractivity contribution in [2.75, 3.05) is 11.9 Å². The molecule has 2 amide bonds. The number of carbonyl (C=O) groups is 2. The molecule has 2 N–H and O–H groups in total. The molecule has 0 saturated heterocycles. The molecule has 0 aliphatic carbocycles. The third-order valence-electron chi connectivity index (χ3n) is 3.22. The topological polar surface area (TPSA) is 67.4 Å². The van der Waals surface area contributed by atoms with Gasteiger partial charge in [0.15, 0.2) is 0 Å². The van der Waals surface area contributed by atoms with Gasteiger partial charge >= 0.3 is 6.61 Å². The lowest BCUT2D eigenvalue weighted by Crippen LogP contribution is -2.33. The lowest BCUT2D eigenvalue weighted by molar-refractivity contribution is -0.115. The number of halogens is 3. The van der Waals surface area contributed by atoms with E-state index >= 15 is 0 Å². The van der Waals surface area contributed by atoms with Crippen LogP contribution in [0.1, 0.15) is 15.9 Å². The van der Waals surface area contributed by atoms with Crippen LogP contribution in [0.15, 0.2) is 46.9 Å². The van der Waals surface area contributed by atoms with Gasteiger partial charge in [-0.05, 0) is 42.8 Å². The second kappa shape index (κ2) is 8.57. The van der Waals surface area contributed by atoms with Gasteiger partial charge in [-0.1, -0.05) is 28.1 Å². The van der Waals surface area contributed by atoms with E-state index in [0.29, 0.717) is 5.69 Å². The number of alkyl halides is 2. The van der Waals surface area contributed by atoms with Crippen molar-refractivity contribution in [3.63, 3.8) is 0 Å². The van der Waals surface area contributed by atoms with Crippen LogP contribution >= 0.6 is 15.9 Å². The fourth-order valence-corrected chi connectivity index (χ4v) is 2.55.